The van der Waals surface area contributed by atoms with Crippen LogP contribution >= 0.6 is 35.3 Å². The highest BCUT2D eigenvalue weighted by Gasteiger charge is 2.31. The Morgan fingerprint density at radius 1 is 1.28 bits per heavy atom. The SMILES string of the molecule is CN=C(NCCCCc1nc(C)cs1)NC1CCN(C(=O)C2CCCCC2)C1.I. The maximum atomic E-state index is 12.7. The van der Waals surface area contributed by atoms with Gasteiger partial charge in [0.2, 0.25) is 5.91 Å². The second kappa shape index (κ2) is 12.7. The summed E-state index contributed by atoms with van der Waals surface area (Å²) in [5.74, 6) is 1.50. The molecule has 2 aliphatic rings. The normalized spacial score (nSPS) is 20.4. The van der Waals surface area contributed by atoms with E-state index >= 15 is 0 Å². The molecule has 8 heteroatoms. The van der Waals surface area contributed by atoms with E-state index in [0.29, 0.717) is 11.9 Å². The summed E-state index contributed by atoms with van der Waals surface area (Å²) in [5, 5.41) is 10.3. The van der Waals surface area contributed by atoms with Crippen molar-refractivity contribution < 1.29 is 4.79 Å². The van der Waals surface area contributed by atoms with Gasteiger partial charge >= 0.3 is 0 Å². The predicted molar refractivity (Wildman–Crippen MR) is 131 cm³/mol. The molecular weight excluding hydrogens is 497 g/mol. The number of carbonyl (C=O) groups excluding carboxylic acids is 1. The number of nitrogens with one attached hydrogen (secondary N) is 2. The van der Waals surface area contributed by atoms with Gasteiger partial charge in [-0.15, -0.1) is 35.3 Å². The monoisotopic (exact) mass is 533 g/mol. The number of nitrogens with zero attached hydrogens (tertiary/aromatic N) is 3. The first kappa shape index (κ1) is 24.4. The third kappa shape index (κ3) is 7.70. The Kier molecular flexibility index (Phi) is 10.7. The van der Waals surface area contributed by atoms with E-state index in [1.807, 2.05) is 14.0 Å². The largest absolute Gasteiger partial charge is 0.356 e. The molecule has 1 atom stereocenters. The highest BCUT2D eigenvalue weighted by Crippen LogP contribution is 2.26. The number of likely N-dealkylation sites (tertiary alicyclic amines) is 1. The van der Waals surface area contributed by atoms with E-state index < -0.39 is 0 Å². The fraction of sp³-hybridized carbons (Fsp3) is 0.762. The average Bonchev–Trinajstić information content (AvgIpc) is 3.36. The van der Waals surface area contributed by atoms with Gasteiger partial charge in [0.25, 0.3) is 0 Å². The van der Waals surface area contributed by atoms with Gasteiger partial charge in [-0.1, -0.05) is 19.3 Å². The number of rotatable bonds is 7. The summed E-state index contributed by atoms with van der Waals surface area (Å²) in [6.07, 6.45) is 10.2. The summed E-state index contributed by atoms with van der Waals surface area (Å²) >= 11 is 1.75. The summed E-state index contributed by atoms with van der Waals surface area (Å²) in [5.41, 5.74) is 1.12. The van der Waals surface area contributed by atoms with Gasteiger partial charge in [0.15, 0.2) is 5.96 Å². The minimum atomic E-state index is 0. The first-order valence-electron chi connectivity index (χ1n) is 10.8. The lowest BCUT2D eigenvalue weighted by molar-refractivity contribution is -0.135. The first-order valence-corrected chi connectivity index (χ1v) is 11.7. The van der Waals surface area contributed by atoms with Gasteiger partial charge in [-0.2, -0.15) is 0 Å². The Balaban J connectivity index is 0.00000300. The Labute approximate surface area is 196 Å². The number of guanidine groups is 1. The van der Waals surface area contributed by atoms with Gasteiger partial charge < -0.3 is 15.5 Å². The fourth-order valence-corrected chi connectivity index (χ4v) is 5.02. The maximum Gasteiger partial charge on any atom is 0.225 e. The van der Waals surface area contributed by atoms with Crippen LogP contribution in [0.3, 0.4) is 0 Å². The van der Waals surface area contributed by atoms with E-state index in [-0.39, 0.29) is 29.9 Å². The van der Waals surface area contributed by atoms with Crippen molar-refractivity contribution in [1.82, 2.24) is 20.5 Å². The van der Waals surface area contributed by atoms with Gasteiger partial charge in [0.05, 0.1) is 5.01 Å². The predicted octanol–water partition coefficient (Wildman–Crippen LogP) is 3.74. The lowest BCUT2D eigenvalue weighted by atomic mass is 9.88. The molecule has 29 heavy (non-hydrogen) atoms. The molecule has 164 valence electrons. The molecular formula is C21H36IN5OS. The minimum Gasteiger partial charge on any atom is -0.356 e. The summed E-state index contributed by atoms with van der Waals surface area (Å²) in [6, 6.07) is 0.303. The molecule has 0 aromatic carbocycles. The van der Waals surface area contributed by atoms with Crippen LogP contribution in [0.1, 0.15) is 62.1 Å². The van der Waals surface area contributed by atoms with E-state index in [9.17, 15) is 4.79 Å². The van der Waals surface area contributed by atoms with Crippen molar-refractivity contribution in [2.45, 2.75) is 70.8 Å². The molecule has 3 rings (SSSR count). The van der Waals surface area contributed by atoms with Crippen molar-refractivity contribution in [1.29, 1.82) is 0 Å². The highest BCUT2D eigenvalue weighted by atomic mass is 127. The number of carbonyl (C=O) groups is 1. The number of aliphatic imine (C=N–C) groups is 1. The second-order valence-electron chi connectivity index (χ2n) is 8.09. The zero-order valence-corrected chi connectivity index (χ0v) is 20.9. The number of halogens is 1. The standard InChI is InChI=1S/C21H35N5OS.HI/c1-16-15-28-19(24-16)10-6-7-12-23-21(22-2)25-18-11-13-26(14-18)20(27)17-8-4-3-5-9-17;/h15,17-18H,3-14H2,1-2H3,(H2,22,23,25);1H. The minimum absolute atomic E-state index is 0. The molecule has 6 nitrogen and oxygen atoms in total. The van der Waals surface area contributed by atoms with Gasteiger partial charge in [0, 0.05) is 49.7 Å². The average molecular weight is 534 g/mol. The molecule has 1 saturated heterocycles. The molecule has 1 aliphatic heterocycles. The van der Waals surface area contributed by atoms with E-state index in [1.54, 1.807) is 11.3 Å². The first-order chi connectivity index (χ1) is 13.7. The molecule has 2 fully saturated rings. The molecule has 1 amide bonds. The van der Waals surface area contributed by atoms with Crippen LogP contribution in [0.4, 0.5) is 0 Å². The van der Waals surface area contributed by atoms with Gasteiger partial charge in [0.1, 0.15) is 0 Å². The van der Waals surface area contributed by atoms with E-state index in [2.05, 4.69) is 30.9 Å². The van der Waals surface area contributed by atoms with Gasteiger partial charge in [-0.3, -0.25) is 9.79 Å². The number of hydrogen-bond acceptors (Lipinski definition) is 4. The number of amides is 1. The van der Waals surface area contributed by atoms with E-state index in [1.165, 1.54) is 24.3 Å². The summed E-state index contributed by atoms with van der Waals surface area (Å²) in [4.78, 5) is 23.6. The number of aryl methyl sites for hydroxylation is 2. The van der Waals surface area contributed by atoms with Crippen LogP contribution in [0, 0.1) is 12.8 Å². The smallest absolute Gasteiger partial charge is 0.225 e. The quantitative estimate of drug-likeness (QED) is 0.243. The van der Waals surface area contributed by atoms with Crippen LogP contribution in [-0.4, -0.2) is 54.5 Å². The zero-order chi connectivity index (χ0) is 19.8. The number of thiazole rings is 1. The third-order valence-electron chi connectivity index (χ3n) is 5.80. The second-order valence-corrected chi connectivity index (χ2v) is 9.03. The fourth-order valence-electron chi connectivity index (χ4n) is 4.20. The van der Waals surface area contributed by atoms with E-state index in [0.717, 1.165) is 69.8 Å². The van der Waals surface area contributed by atoms with Crippen molar-refractivity contribution >= 4 is 47.2 Å². The lowest BCUT2D eigenvalue weighted by Gasteiger charge is -2.26. The number of hydrogen-bond donors (Lipinski definition) is 2. The van der Waals surface area contributed by atoms with Crippen molar-refractivity contribution in [3.8, 4) is 0 Å². The molecule has 0 spiro atoms. The van der Waals surface area contributed by atoms with Crippen molar-refractivity contribution in [3.05, 3.63) is 16.1 Å². The summed E-state index contributed by atoms with van der Waals surface area (Å²) in [7, 11) is 1.81. The van der Waals surface area contributed by atoms with Crippen LogP contribution in [0.5, 0.6) is 0 Å². The van der Waals surface area contributed by atoms with Gasteiger partial charge in [-0.25, -0.2) is 4.98 Å². The highest BCUT2D eigenvalue weighted by molar-refractivity contribution is 14.0. The van der Waals surface area contributed by atoms with Crippen LogP contribution < -0.4 is 10.6 Å². The van der Waals surface area contributed by atoms with Crippen molar-refractivity contribution in [3.63, 3.8) is 0 Å². The molecule has 1 unspecified atom stereocenters. The third-order valence-corrected chi connectivity index (χ3v) is 6.82. The summed E-state index contributed by atoms with van der Waals surface area (Å²) < 4.78 is 0. The van der Waals surface area contributed by atoms with Crippen LogP contribution in [0.15, 0.2) is 10.4 Å². The molecule has 2 N–H and O–H groups in total. The summed E-state index contributed by atoms with van der Waals surface area (Å²) in [6.45, 7) is 4.63. The number of aromatic nitrogens is 1. The molecule has 0 radical (unpaired) electrons. The van der Waals surface area contributed by atoms with Gasteiger partial charge in [-0.05, 0) is 45.4 Å². The molecule has 1 aromatic rings. The lowest BCUT2D eigenvalue weighted by Crippen LogP contribution is -2.45. The van der Waals surface area contributed by atoms with E-state index in [4.69, 9.17) is 0 Å². The number of unbranched alkanes of at least 4 members (excludes halogenated alkanes) is 1. The topological polar surface area (TPSA) is 69.6 Å². The molecule has 1 aromatic heterocycles. The maximum absolute atomic E-state index is 12.7. The molecule has 1 aliphatic carbocycles. The zero-order valence-electron chi connectivity index (χ0n) is 17.8. The Bertz CT molecular complexity index is 659. The molecule has 0 bridgehead atoms. The van der Waals surface area contributed by atoms with Crippen LogP contribution in [0.2, 0.25) is 0 Å². The Hall–Kier alpha value is -0.900. The van der Waals surface area contributed by atoms with Crippen molar-refractivity contribution in [2.75, 3.05) is 26.7 Å². The van der Waals surface area contributed by atoms with Crippen LogP contribution in [0.25, 0.3) is 0 Å². The van der Waals surface area contributed by atoms with Crippen LogP contribution in [-0.2, 0) is 11.2 Å². The Morgan fingerprint density at radius 2 is 2.07 bits per heavy atom. The molecule has 2 heterocycles. The Morgan fingerprint density at radius 3 is 2.76 bits per heavy atom. The molecule has 1 saturated carbocycles. The van der Waals surface area contributed by atoms with Crippen molar-refractivity contribution in [2.24, 2.45) is 10.9 Å².